The molecule has 5 unspecified atom stereocenters. The molecular formula is C20H23N3O9. The Bertz CT molecular complexity index is 988. The molecule has 0 spiro atoms. The first kappa shape index (κ1) is 23.1. The summed E-state index contributed by atoms with van der Waals surface area (Å²) in [5, 5.41) is 8.71. The molecular weight excluding hydrogens is 426 g/mol. The Hall–Kier alpha value is -3.54. The lowest BCUT2D eigenvalue weighted by atomic mass is 9.97. The van der Waals surface area contributed by atoms with Gasteiger partial charge in [-0.2, -0.15) is 10.2 Å². The van der Waals surface area contributed by atoms with Gasteiger partial charge in [0.25, 0.3) is 0 Å². The zero-order valence-electron chi connectivity index (χ0n) is 17.9. The maximum absolute atomic E-state index is 11.9. The lowest BCUT2D eigenvalue weighted by molar-refractivity contribution is -0.272. The van der Waals surface area contributed by atoms with Crippen molar-refractivity contribution >= 4 is 34.9 Å². The van der Waals surface area contributed by atoms with Gasteiger partial charge in [-0.15, -0.1) is 4.80 Å². The van der Waals surface area contributed by atoms with Crippen LogP contribution in [0.2, 0.25) is 0 Å². The van der Waals surface area contributed by atoms with Crippen molar-refractivity contribution in [3.63, 3.8) is 0 Å². The van der Waals surface area contributed by atoms with Crippen molar-refractivity contribution in [3.05, 3.63) is 24.3 Å². The van der Waals surface area contributed by atoms with E-state index in [0.717, 1.165) is 13.8 Å². The van der Waals surface area contributed by atoms with Crippen LogP contribution in [-0.4, -0.2) is 69.9 Å². The number of esters is 4. The van der Waals surface area contributed by atoms with Crippen LogP contribution in [0.25, 0.3) is 11.0 Å². The Kier molecular flexibility index (Phi) is 7.03. The van der Waals surface area contributed by atoms with E-state index < -0.39 is 54.5 Å². The number of carbonyl (C=O) groups excluding carboxylic acids is 4. The van der Waals surface area contributed by atoms with Crippen molar-refractivity contribution in [1.82, 2.24) is 15.0 Å². The molecule has 1 aliphatic rings. The van der Waals surface area contributed by atoms with Crippen molar-refractivity contribution in [2.24, 2.45) is 0 Å². The lowest BCUT2D eigenvalue weighted by Gasteiger charge is -2.43. The predicted octanol–water partition coefficient (Wildman–Crippen LogP) is 0.687. The summed E-state index contributed by atoms with van der Waals surface area (Å²) in [6.45, 7) is 4.36. The number of aromatic nitrogens is 3. The van der Waals surface area contributed by atoms with Gasteiger partial charge in [0.2, 0.25) is 6.23 Å². The highest BCUT2D eigenvalue weighted by Gasteiger charge is 2.53. The fraction of sp³-hybridized carbons (Fsp3) is 0.500. The summed E-state index contributed by atoms with van der Waals surface area (Å²) < 4.78 is 27.2. The van der Waals surface area contributed by atoms with Gasteiger partial charge in [0, 0.05) is 27.7 Å². The molecule has 0 aliphatic carbocycles. The Morgan fingerprint density at radius 3 is 1.81 bits per heavy atom. The van der Waals surface area contributed by atoms with Crippen LogP contribution < -0.4 is 0 Å². The SMILES string of the molecule is CC(=O)OCC1OC(n2nc3ccccc3n2)C(OC(C)=O)C(OC(C)=O)C1OC(C)=O. The van der Waals surface area contributed by atoms with Crippen molar-refractivity contribution in [1.29, 1.82) is 0 Å². The number of carbonyl (C=O) groups is 4. The number of nitrogens with zero attached hydrogens (tertiary/aromatic N) is 3. The van der Waals surface area contributed by atoms with Crippen LogP contribution in [0.5, 0.6) is 0 Å². The maximum Gasteiger partial charge on any atom is 0.303 e. The number of fused-ring (bicyclic) bond motifs is 1. The van der Waals surface area contributed by atoms with Crippen LogP contribution in [0.1, 0.15) is 33.9 Å². The van der Waals surface area contributed by atoms with Crippen LogP contribution in [0.15, 0.2) is 24.3 Å². The van der Waals surface area contributed by atoms with E-state index in [9.17, 15) is 19.2 Å². The van der Waals surface area contributed by atoms with Crippen molar-refractivity contribution in [3.8, 4) is 0 Å². The molecule has 5 atom stereocenters. The van der Waals surface area contributed by atoms with E-state index >= 15 is 0 Å². The van der Waals surface area contributed by atoms with Gasteiger partial charge in [-0.1, -0.05) is 12.1 Å². The Morgan fingerprint density at radius 2 is 1.31 bits per heavy atom. The molecule has 0 amide bonds. The van der Waals surface area contributed by atoms with Crippen molar-refractivity contribution in [2.75, 3.05) is 6.61 Å². The first-order valence-electron chi connectivity index (χ1n) is 9.77. The number of rotatable bonds is 6. The van der Waals surface area contributed by atoms with E-state index in [-0.39, 0.29) is 6.61 Å². The molecule has 2 aromatic rings. The zero-order valence-corrected chi connectivity index (χ0v) is 17.9. The molecule has 0 saturated carbocycles. The van der Waals surface area contributed by atoms with Crippen LogP contribution in [0.4, 0.5) is 0 Å². The molecule has 3 rings (SSSR count). The van der Waals surface area contributed by atoms with E-state index in [4.69, 9.17) is 23.7 Å². The van der Waals surface area contributed by atoms with Gasteiger partial charge < -0.3 is 23.7 Å². The lowest BCUT2D eigenvalue weighted by Crippen LogP contribution is -2.60. The van der Waals surface area contributed by atoms with Gasteiger partial charge >= 0.3 is 23.9 Å². The molecule has 1 aromatic heterocycles. The van der Waals surface area contributed by atoms with Gasteiger partial charge in [0.15, 0.2) is 18.3 Å². The van der Waals surface area contributed by atoms with Crippen LogP contribution in [0.3, 0.4) is 0 Å². The van der Waals surface area contributed by atoms with Gasteiger partial charge in [0.1, 0.15) is 23.7 Å². The Labute approximate surface area is 182 Å². The molecule has 1 saturated heterocycles. The van der Waals surface area contributed by atoms with Gasteiger partial charge in [-0.3, -0.25) is 19.2 Å². The van der Waals surface area contributed by atoms with E-state index in [2.05, 4.69) is 10.2 Å². The minimum atomic E-state index is -1.28. The highest BCUT2D eigenvalue weighted by atomic mass is 16.7. The third kappa shape index (κ3) is 5.38. The first-order chi connectivity index (χ1) is 15.2. The molecule has 1 aliphatic heterocycles. The average Bonchev–Trinajstić information content (AvgIpc) is 3.12. The number of benzene rings is 1. The smallest absolute Gasteiger partial charge is 0.303 e. The van der Waals surface area contributed by atoms with Gasteiger partial charge in [0.05, 0.1) is 0 Å². The third-order valence-corrected chi connectivity index (χ3v) is 4.50. The topological polar surface area (TPSA) is 145 Å². The minimum absolute atomic E-state index is 0.324. The molecule has 1 fully saturated rings. The fourth-order valence-electron chi connectivity index (χ4n) is 3.38. The standard InChI is InChI=1S/C20H23N3O9/c1-10(24)28-9-16-17(29-11(2)25)18(30-12(3)26)19(31-13(4)27)20(32-16)23-21-14-7-5-6-8-15(14)22-23/h5-8,16-20H,9H2,1-4H3. The van der Waals surface area contributed by atoms with Crippen LogP contribution in [0, 0.1) is 0 Å². The summed E-state index contributed by atoms with van der Waals surface area (Å²) in [4.78, 5) is 48.1. The van der Waals surface area contributed by atoms with Gasteiger partial charge in [-0.25, -0.2) is 0 Å². The Morgan fingerprint density at radius 1 is 0.812 bits per heavy atom. The fourth-order valence-corrected chi connectivity index (χ4v) is 3.38. The minimum Gasteiger partial charge on any atom is -0.463 e. The highest BCUT2D eigenvalue weighted by molar-refractivity contribution is 5.73. The summed E-state index contributed by atoms with van der Waals surface area (Å²) in [6.07, 6.45) is -6.03. The van der Waals surface area contributed by atoms with Gasteiger partial charge in [-0.05, 0) is 12.1 Å². The Balaban J connectivity index is 2.07. The summed E-state index contributed by atoms with van der Waals surface area (Å²) in [6, 6.07) is 7.00. The molecule has 172 valence electrons. The molecule has 12 nitrogen and oxygen atoms in total. The second-order valence-electron chi connectivity index (χ2n) is 7.10. The zero-order chi connectivity index (χ0) is 23.4. The summed E-state index contributed by atoms with van der Waals surface area (Å²) in [5.74, 6) is -2.71. The average molecular weight is 449 g/mol. The van der Waals surface area contributed by atoms with E-state index in [1.54, 1.807) is 24.3 Å². The summed E-state index contributed by atoms with van der Waals surface area (Å²) in [7, 11) is 0. The van der Waals surface area contributed by atoms with Crippen LogP contribution in [-0.2, 0) is 42.9 Å². The van der Waals surface area contributed by atoms with E-state index in [0.29, 0.717) is 11.0 Å². The van der Waals surface area contributed by atoms with Crippen molar-refractivity contribution < 1.29 is 42.9 Å². The third-order valence-electron chi connectivity index (χ3n) is 4.50. The number of ether oxygens (including phenoxy) is 5. The first-order valence-corrected chi connectivity index (χ1v) is 9.77. The molecule has 0 N–H and O–H groups in total. The quantitative estimate of drug-likeness (QED) is 0.453. The summed E-state index contributed by atoms with van der Waals surface area (Å²) >= 11 is 0. The molecule has 0 bridgehead atoms. The predicted molar refractivity (Wildman–Crippen MR) is 105 cm³/mol. The molecule has 12 heteroatoms. The van der Waals surface area contributed by atoms with E-state index in [1.807, 2.05) is 0 Å². The van der Waals surface area contributed by atoms with E-state index in [1.165, 1.54) is 18.6 Å². The molecule has 1 aromatic carbocycles. The van der Waals surface area contributed by atoms with Crippen LogP contribution >= 0.6 is 0 Å². The molecule has 32 heavy (non-hydrogen) atoms. The van der Waals surface area contributed by atoms with Crippen molar-refractivity contribution in [2.45, 2.75) is 58.3 Å². The number of hydrogen-bond donors (Lipinski definition) is 0. The second kappa shape index (κ2) is 9.73. The molecule has 2 heterocycles. The maximum atomic E-state index is 11.9. The highest BCUT2D eigenvalue weighted by Crippen LogP contribution is 2.34. The second-order valence-corrected chi connectivity index (χ2v) is 7.10. The summed E-state index contributed by atoms with van der Waals surface area (Å²) in [5.41, 5.74) is 1.08. The number of hydrogen-bond acceptors (Lipinski definition) is 11. The molecule has 0 radical (unpaired) electrons. The normalized spacial score (nSPS) is 25.1. The largest absolute Gasteiger partial charge is 0.463 e. The monoisotopic (exact) mass is 449 g/mol.